The molecule has 0 saturated carbocycles. The minimum absolute atomic E-state index is 0.133. The zero-order valence-corrected chi connectivity index (χ0v) is 10.1. The Hall–Kier alpha value is -1.51. The molecule has 92 valence electrons. The van der Waals surface area contributed by atoms with Gasteiger partial charge in [0.25, 0.3) is 0 Å². The number of nitrogens with zero attached hydrogens (tertiary/aromatic N) is 1. The lowest BCUT2D eigenvalue weighted by molar-refractivity contribution is -0.130. The molecule has 0 radical (unpaired) electrons. The summed E-state index contributed by atoms with van der Waals surface area (Å²) in [5.41, 5.74) is 0.724. The number of para-hydroxylation sites is 1. The van der Waals surface area contributed by atoms with Crippen LogP contribution < -0.4 is 0 Å². The maximum Gasteiger partial charge on any atom is 0.227 e. The standard InChI is InChI=1S/C14H19NO2/c16-13-8-4-3-7-12(13)11-14(17)15-9-5-1-2-6-10-15/h3-4,7-8,16H,1-2,5-6,9-11H2. The highest BCUT2D eigenvalue weighted by molar-refractivity contribution is 5.79. The van der Waals surface area contributed by atoms with Gasteiger partial charge in [0.05, 0.1) is 6.42 Å². The number of rotatable bonds is 2. The number of benzene rings is 1. The van der Waals surface area contributed by atoms with E-state index in [1.165, 1.54) is 12.8 Å². The first-order valence-corrected chi connectivity index (χ1v) is 6.32. The van der Waals surface area contributed by atoms with Crippen molar-refractivity contribution in [1.82, 2.24) is 4.90 Å². The molecular weight excluding hydrogens is 214 g/mol. The van der Waals surface area contributed by atoms with Crippen molar-refractivity contribution in [1.29, 1.82) is 0 Å². The average Bonchev–Trinajstić information content (AvgIpc) is 2.61. The highest BCUT2D eigenvalue weighted by Crippen LogP contribution is 2.18. The molecule has 1 saturated heterocycles. The molecule has 3 heteroatoms. The summed E-state index contributed by atoms with van der Waals surface area (Å²) in [6.45, 7) is 1.73. The van der Waals surface area contributed by atoms with E-state index in [1.807, 2.05) is 17.0 Å². The number of hydrogen-bond donors (Lipinski definition) is 1. The third-order valence-electron chi connectivity index (χ3n) is 3.29. The van der Waals surface area contributed by atoms with Crippen LogP contribution in [0.4, 0.5) is 0 Å². The van der Waals surface area contributed by atoms with E-state index in [4.69, 9.17) is 0 Å². The Morgan fingerprint density at radius 1 is 1.12 bits per heavy atom. The molecule has 1 N–H and O–H groups in total. The number of phenolic OH excluding ortho intramolecular Hbond substituents is 1. The summed E-state index contributed by atoms with van der Waals surface area (Å²) in [6, 6.07) is 7.07. The maximum absolute atomic E-state index is 12.1. The van der Waals surface area contributed by atoms with Crippen LogP contribution in [-0.2, 0) is 11.2 Å². The van der Waals surface area contributed by atoms with Crippen molar-refractivity contribution in [2.45, 2.75) is 32.1 Å². The molecule has 1 fully saturated rings. The van der Waals surface area contributed by atoms with Gasteiger partial charge in [-0.2, -0.15) is 0 Å². The summed E-state index contributed by atoms with van der Waals surface area (Å²) in [5, 5.41) is 9.64. The first-order valence-electron chi connectivity index (χ1n) is 6.32. The third-order valence-corrected chi connectivity index (χ3v) is 3.29. The van der Waals surface area contributed by atoms with Crippen LogP contribution >= 0.6 is 0 Å². The van der Waals surface area contributed by atoms with Gasteiger partial charge in [-0.25, -0.2) is 0 Å². The van der Waals surface area contributed by atoms with Gasteiger partial charge in [0.2, 0.25) is 5.91 Å². The van der Waals surface area contributed by atoms with Crippen molar-refractivity contribution in [3.8, 4) is 5.75 Å². The molecular formula is C14H19NO2. The smallest absolute Gasteiger partial charge is 0.227 e. The summed E-state index contributed by atoms with van der Waals surface area (Å²) < 4.78 is 0. The van der Waals surface area contributed by atoms with Gasteiger partial charge in [0.1, 0.15) is 5.75 Å². The molecule has 1 amide bonds. The lowest BCUT2D eigenvalue weighted by Gasteiger charge is -2.20. The van der Waals surface area contributed by atoms with Crippen LogP contribution in [0.2, 0.25) is 0 Å². The van der Waals surface area contributed by atoms with Crippen LogP contribution in [0, 0.1) is 0 Å². The minimum atomic E-state index is 0.133. The molecule has 1 aromatic carbocycles. The van der Waals surface area contributed by atoms with Crippen molar-refractivity contribution in [2.75, 3.05) is 13.1 Å². The van der Waals surface area contributed by atoms with Crippen LogP contribution in [0.3, 0.4) is 0 Å². The van der Waals surface area contributed by atoms with Gasteiger partial charge in [-0.15, -0.1) is 0 Å². The van der Waals surface area contributed by atoms with Gasteiger partial charge in [-0.05, 0) is 18.9 Å². The predicted octanol–water partition coefficient (Wildman–Crippen LogP) is 2.34. The molecule has 1 aliphatic heterocycles. The van der Waals surface area contributed by atoms with Crippen LogP contribution in [0.15, 0.2) is 24.3 Å². The molecule has 0 aliphatic carbocycles. The predicted molar refractivity (Wildman–Crippen MR) is 66.9 cm³/mol. The Kier molecular flexibility index (Phi) is 4.02. The molecule has 0 aromatic heterocycles. The molecule has 3 nitrogen and oxygen atoms in total. The fraction of sp³-hybridized carbons (Fsp3) is 0.500. The summed E-state index contributed by atoms with van der Waals surface area (Å²) in [7, 11) is 0. The van der Waals surface area contributed by atoms with E-state index < -0.39 is 0 Å². The van der Waals surface area contributed by atoms with Gasteiger partial charge in [-0.3, -0.25) is 4.79 Å². The monoisotopic (exact) mass is 233 g/mol. The van der Waals surface area contributed by atoms with Gasteiger partial charge in [0, 0.05) is 18.7 Å². The van der Waals surface area contributed by atoms with Crippen LogP contribution in [0.25, 0.3) is 0 Å². The highest BCUT2D eigenvalue weighted by atomic mass is 16.3. The summed E-state index contributed by atoms with van der Waals surface area (Å²) >= 11 is 0. The van der Waals surface area contributed by atoms with Gasteiger partial charge >= 0.3 is 0 Å². The third kappa shape index (κ3) is 3.22. The van der Waals surface area contributed by atoms with Crippen molar-refractivity contribution in [3.63, 3.8) is 0 Å². The molecule has 1 aliphatic rings. The van der Waals surface area contributed by atoms with E-state index in [2.05, 4.69) is 0 Å². The Morgan fingerprint density at radius 3 is 2.41 bits per heavy atom. The van der Waals surface area contributed by atoms with Crippen LogP contribution in [0.5, 0.6) is 5.75 Å². The molecule has 0 bridgehead atoms. The number of hydrogen-bond acceptors (Lipinski definition) is 2. The SMILES string of the molecule is O=C(Cc1ccccc1O)N1CCCCCC1. The fourth-order valence-corrected chi connectivity index (χ4v) is 2.26. The van der Waals surface area contributed by atoms with E-state index in [-0.39, 0.29) is 11.7 Å². The summed E-state index contributed by atoms with van der Waals surface area (Å²) in [5.74, 6) is 0.351. The Bertz CT molecular complexity index is 382. The fourth-order valence-electron chi connectivity index (χ4n) is 2.26. The second-order valence-electron chi connectivity index (χ2n) is 4.60. The first-order chi connectivity index (χ1) is 8.27. The average molecular weight is 233 g/mol. The van der Waals surface area contributed by atoms with Crippen LogP contribution in [0.1, 0.15) is 31.2 Å². The van der Waals surface area contributed by atoms with Crippen molar-refractivity contribution < 1.29 is 9.90 Å². The van der Waals surface area contributed by atoms with E-state index >= 15 is 0 Å². The topological polar surface area (TPSA) is 40.5 Å². The second-order valence-corrected chi connectivity index (χ2v) is 4.60. The van der Waals surface area contributed by atoms with E-state index in [1.54, 1.807) is 12.1 Å². The Labute approximate surface area is 102 Å². The number of amides is 1. The quantitative estimate of drug-likeness (QED) is 0.851. The van der Waals surface area contributed by atoms with Gasteiger partial charge < -0.3 is 10.0 Å². The van der Waals surface area contributed by atoms with Gasteiger partial charge in [-0.1, -0.05) is 31.0 Å². The largest absolute Gasteiger partial charge is 0.508 e. The van der Waals surface area contributed by atoms with E-state index in [9.17, 15) is 9.90 Å². The Morgan fingerprint density at radius 2 is 1.76 bits per heavy atom. The van der Waals surface area contributed by atoms with E-state index in [0.29, 0.717) is 6.42 Å². The number of phenols is 1. The van der Waals surface area contributed by atoms with Crippen LogP contribution in [-0.4, -0.2) is 29.0 Å². The zero-order chi connectivity index (χ0) is 12.1. The number of carbonyl (C=O) groups excluding carboxylic acids is 1. The molecule has 1 aromatic rings. The minimum Gasteiger partial charge on any atom is -0.508 e. The number of carbonyl (C=O) groups is 1. The van der Waals surface area contributed by atoms with Crippen molar-refractivity contribution in [2.24, 2.45) is 0 Å². The Balaban J connectivity index is 1.98. The van der Waals surface area contributed by atoms with Crippen molar-refractivity contribution >= 4 is 5.91 Å². The molecule has 0 unspecified atom stereocenters. The second kappa shape index (κ2) is 5.71. The molecule has 0 atom stereocenters. The molecule has 0 spiro atoms. The molecule has 1 heterocycles. The number of aromatic hydroxyl groups is 1. The highest BCUT2D eigenvalue weighted by Gasteiger charge is 2.16. The molecule has 17 heavy (non-hydrogen) atoms. The maximum atomic E-state index is 12.1. The summed E-state index contributed by atoms with van der Waals surface area (Å²) in [4.78, 5) is 14.0. The summed E-state index contributed by atoms with van der Waals surface area (Å²) in [6.07, 6.45) is 4.96. The first kappa shape index (κ1) is 12.0. The van der Waals surface area contributed by atoms with Crippen molar-refractivity contribution in [3.05, 3.63) is 29.8 Å². The molecule has 2 rings (SSSR count). The van der Waals surface area contributed by atoms with E-state index in [0.717, 1.165) is 31.5 Å². The van der Waals surface area contributed by atoms with Gasteiger partial charge in [0.15, 0.2) is 0 Å². The zero-order valence-electron chi connectivity index (χ0n) is 10.1. The normalized spacial score (nSPS) is 16.6. The lowest BCUT2D eigenvalue weighted by atomic mass is 10.1. The lowest BCUT2D eigenvalue weighted by Crippen LogP contribution is -2.33. The number of likely N-dealkylation sites (tertiary alicyclic amines) is 1.